The van der Waals surface area contributed by atoms with Crippen LogP contribution in [0.15, 0.2) is 76.3 Å². The molecule has 0 radical (unpaired) electrons. The third-order valence-corrected chi connectivity index (χ3v) is 4.74. The molecule has 0 unspecified atom stereocenters. The molecule has 6 nitrogen and oxygen atoms in total. The highest BCUT2D eigenvalue weighted by Crippen LogP contribution is 2.27. The number of para-hydroxylation sites is 1. The Balaban J connectivity index is 1.92. The zero-order valence-electron chi connectivity index (χ0n) is 16.3. The highest BCUT2D eigenvalue weighted by atomic mass is 35.5. The fraction of sp³-hybridized carbons (Fsp3) is 0.0870. The van der Waals surface area contributed by atoms with Gasteiger partial charge in [-0.05, 0) is 48.9 Å². The van der Waals surface area contributed by atoms with Crippen LogP contribution in [0, 0.1) is 6.92 Å². The molecule has 0 aliphatic rings. The summed E-state index contributed by atoms with van der Waals surface area (Å²) in [5.74, 6) is 0.562. The van der Waals surface area contributed by atoms with Crippen LogP contribution in [0.4, 0.5) is 11.5 Å². The Bertz CT molecular complexity index is 1300. The molecule has 0 fully saturated rings. The van der Waals surface area contributed by atoms with Gasteiger partial charge in [-0.2, -0.15) is 0 Å². The molecule has 30 heavy (non-hydrogen) atoms. The Morgan fingerprint density at radius 1 is 1.13 bits per heavy atom. The molecule has 4 aromatic rings. The minimum atomic E-state index is -0.399. The van der Waals surface area contributed by atoms with Gasteiger partial charge in [-0.15, -0.1) is 0 Å². The molecule has 1 amide bonds. The predicted molar refractivity (Wildman–Crippen MR) is 116 cm³/mol. The SMILES string of the molecule is COc1cccc2cc(C(=O)Nc3ccccn3)c(=Nc3ccc(C)cc3Cl)oc12. The van der Waals surface area contributed by atoms with Crippen LogP contribution in [0.5, 0.6) is 5.75 Å². The van der Waals surface area contributed by atoms with Crippen molar-refractivity contribution in [3.05, 3.63) is 88.6 Å². The molecule has 2 heterocycles. The summed E-state index contributed by atoms with van der Waals surface area (Å²) in [7, 11) is 1.56. The van der Waals surface area contributed by atoms with E-state index in [0.29, 0.717) is 33.2 Å². The Kier molecular flexibility index (Phi) is 5.50. The topological polar surface area (TPSA) is 76.7 Å². The number of methoxy groups -OCH3 is 1. The number of ether oxygens (including phenoxy) is 1. The summed E-state index contributed by atoms with van der Waals surface area (Å²) in [5.41, 5.74) is 2.34. The van der Waals surface area contributed by atoms with Crippen molar-refractivity contribution in [1.82, 2.24) is 4.98 Å². The number of amides is 1. The minimum absolute atomic E-state index is 0.117. The van der Waals surface area contributed by atoms with E-state index in [1.54, 1.807) is 55.8 Å². The molecule has 7 heteroatoms. The Morgan fingerprint density at radius 3 is 2.73 bits per heavy atom. The lowest BCUT2D eigenvalue weighted by atomic mass is 10.1. The van der Waals surface area contributed by atoms with E-state index in [2.05, 4.69) is 15.3 Å². The highest BCUT2D eigenvalue weighted by Gasteiger charge is 2.16. The second kappa shape index (κ2) is 8.39. The molecule has 1 N–H and O–H groups in total. The maximum Gasteiger partial charge on any atom is 0.262 e. The molecular weight excluding hydrogens is 402 g/mol. The third-order valence-electron chi connectivity index (χ3n) is 4.43. The van der Waals surface area contributed by atoms with Crippen molar-refractivity contribution in [2.45, 2.75) is 6.92 Å². The second-order valence-corrected chi connectivity index (χ2v) is 6.99. The van der Waals surface area contributed by atoms with Crippen molar-refractivity contribution in [3.8, 4) is 5.75 Å². The van der Waals surface area contributed by atoms with E-state index in [-0.39, 0.29) is 11.1 Å². The molecule has 0 aliphatic heterocycles. The van der Waals surface area contributed by atoms with Crippen molar-refractivity contribution in [3.63, 3.8) is 0 Å². The molecule has 0 saturated carbocycles. The number of carbonyl (C=O) groups is 1. The van der Waals surface area contributed by atoms with E-state index < -0.39 is 5.91 Å². The summed E-state index contributed by atoms with van der Waals surface area (Å²) >= 11 is 6.35. The second-order valence-electron chi connectivity index (χ2n) is 6.58. The van der Waals surface area contributed by atoms with E-state index in [1.807, 2.05) is 25.1 Å². The first-order valence-corrected chi connectivity index (χ1v) is 9.57. The molecule has 0 saturated heterocycles. The van der Waals surface area contributed by atoms with Crippen LogP contribution in [0.25, 0.3) is 11.0 Å². The van der Waals surface area contributed by atoms with Gasteiger partial charge in [-0.3, -0.25) is 4.79 Å². The first-order valence-electron chi connectivity index (χ1n) is 9.19. The third kappa shape index (κ3) is 4.04. The summed E-state index contributed by atoms with van der Waals surface area (Å²) in [6, 6.07) is 17.9. The monoisotopic (exact) mass is 419 g/mol. The maximum atomic E-state index is 13.0. The minimum Gasteiger partial charge on any atom is -0.493 e. The van der Waals surface area contributed by atoms with Crippen LogP contribution < -0.4 is 15.6 Å². The van der Waals surface area contributed by atoms with Gasteiger partial charge in [-0.1, -0.05) is 35.9 Å². The van der Waals surface area contributed by atoms with Crippen LogP contribution in [-0.4, -0.2) is 18.0 Å². The molecule has 0 bridgehead atoms. The zero-order chi connectivity index (χ0) is 21.1. The number of hydrogen-bond donors (Lipinski definition) is 1. The molecule has 0 atom stereocenters. The molecule has 0 aliphatic carbocycles. The molecular formula is C23H18ClN3O3. The van der Waals surface area contributed by atoms with Crippen molar-refractivity contribution >= 4 is 40.0 Å². The molecule has 2 aromatic carbocycles. The van der Waals surface area contributed by atoms with Crippen LogP contribution in [0.3, 0.4) is 0 Å². The number of aryl methyl sites for hydroxylation is 1. The number of halogens is 1. The number of aromatic nitrogens is 1. The van der Waals surface area contributed by atoms with Gasteiger partial charge in [0.05, 0.1) is 17.8 Å². The molecule has 4 rings (SSSR count). The first-order chi connectivity index (χ1) is 14.5. The summed E-state index contributed by atoms with van der Waals surface area (Å²) < 4.78 is 11.4. The summed E-state index contributed by atoms with van der Waals surface area (Å²) in [5, 5.41) is 3.93. The van der Waals surface area contributed by atoms with Crippen molar-refractivity contribution in [2.24, 2.45) is 4.99 Å². The van der Waals surface area contributed by atoms with Gasteiger partial charge >= 0.3 is 0 Å². The summed E-state index contributed by atoms with van der Waals surface area (Å²) in [4.78, 5) is 21.7. The van der Waals surface area contributed by atoms with Crippen molar-refractivity contribution in [1.29, 1.82) is 0 Å². The Hall–Kier alpha value is -3.64. The molecule has 2 aromatic heterocycles. The van der Waals surface area contributed by atoms with Crippen LogP contribution in [0.2, 0.25) is 5.02 Å². The number of benzene rings is 2. The van der Waals surface area contributed by atoms with Gasteiger partial charge in [-0.25, -0.2) is 9.98 Å². The summed E-state index contributed by atoms with van der Waals surface area (Å²) in [6.45, 7) is 1.94. The first kappa shape index (κ1) is 19.7. The molecule has 0 spiro atoms. The van der Waals surface area contributed by atoms with Crippen LogP contribution in [0.1, 0.15) is 15.9 Å². The van der Waals surface area contributed by atoms with Crippen LogP contribution >= 0.6 is 11.6 Å². The zero-order valence-corrected chi connectivity index (χ0v) is 17.1. The lowest BCUT2D eigenvalue weighted by molar-refractivity contribution is 0.102. The fourth-order valence-corrected chi connectivity index (χ4v) is 3.24. The van der Waals surface area contributed by atoms with E-state index in [1.165, 1.54) is 0 Å². The standard InChI is InChI=1S/C23H18ClN3O3/c1-14-9-10-18(17(24)12-14)26-23-16(22(28)27-20-8-3-4-11-25-20)13-15-6-5-7-19(29-2)21(15)30-23/h3-13H,1-2H3,(H,25,27,28). The Labute approximate surface area is 177 Å². The van der Waals surface area contributed by atoms with Gasteiger partial charge in [0.1, 0.15) is 11.4 Å². The lowest BCUT2D eigenvalue weighted by Gasteiger charge is -2.09. The van der Waals surface area contributed by atoms with E-state index in [9.17, 15) is 4.79 Å². The number of anilines is 1. The quantitative estimate of drug-likeness (QED) is 0.488. The average molecular weight is 420 g/mol. The van der Waals surface area contributed by atoms with Crippen molar-refractivity contribution in [2.75, 3.05) is 12.4 Å². The smallest absolute Gasteiger partial charge is 0.262 e. The highest BCUT2D eigenvalue weighted by molar-refractivity contribution is 6.33. The van der Waals surface area contributed by atoms with Gasteiger partial charge < -0.3 is 14.5 Å². The predicted octanol–water partition coefficient (Wildman–Crippen LogP) is 5.28. The maximum absolute atomic E-state index is 13.0. The van der Waals surface area contributed by atoms with E-state index in [0.717, 1.165) is 5.56 Å². The number of nitrogens with zero attached hydrogens (tertiary/aromatic N) is 2. The fourth-order valence-electron chi connectivity index (χ4n) is 2.96. The van der Waals surface area contributed by atoms with Gasteiger partial charge in [0.15, 0.2) is 11.3 Å². The normalized spacial score (nSPS) is 11.5. The number of rotatable bonds is 4. The van der Waals surface area contributed by atoms with Crippen molar-refractivity contribution < 1.29 is 13.9 Å². The summed E-state index contributed by atoms with van der Waals surface area (Å²) in [6.07, 6.45) is 1.60. The van der Waals surface area contributed by atoms with Gasteiger partial charge in [0.25, 0.3) is 5.91 Å². The van der Waals surface area contributed by atoms with E-state index in [4.69, 9.17) is 20.8 Å². The lowest BCUT2D eigenvalue weighted by Crippen LogP contribution is -2.22. The Morgan fingerprint density at radius 2 is 2.00 bits per heavy atom. The van der Waals surface area contributed by atoms with Gasteiger partial charge in [0.2, 0.25) is 5.55 Å². The average Bonchev–Trinajstić information content (AvgIpc) is 2.75. The van der Waals surface area contributed by atoms with E-state index >= 15 is 0 Å². The largest absolute Gasteiger partial charge is 0.493 e. The van der Waals surface area contributed by atoms with Gasteiger partial charge in [0, 0.05) is 11.6 Å². The van der Waals surface area contributed by atoms with Crippen LogP contribution in [-0.2, 0) is 0 Å². The number of fused-ring (bicyclic) bond motifs is 1. The molecule has 150 valence electrons. The number of pyridine rings is 1. The number of carbonyl (C=O) groups excluding carboxylic acids is 1. The number of hydrogen-bond acceptors (Lipinski definition) is 5. The number of nitrogens with one attached hydrogen (secondary N) is 1.